The highest BCUT2D eigenvalue weighted by Crippen LogP contribution is 2.30. The molecule has 0 fully saturated rings. The fourth-order valence-corrected chi connectivity index (χ4v) is 2.78. The van der Waals surface area contributed by atoms with Crippen LogP contribution in [-0.4, -0.2) is 11.6 Å². The summed E-state index contributed by atoms with van der Waals surface area (Å²) in [5.74, 6) is -0.768. The van der Waals surface area contributed by atoms with Crippen LogP contribution in [0, 0.1) is 0 Å². The number of nitrogens with one attached hydrogen (secondary N) is 2. The highest BCUT2D eigenvalue weighted by Gasteiger charge is 2.32. The van der Waals surface area contributed by atoms with Crippen LogP contribution in [-0.2, 0) is 9.59 Å². The molecule has 0 unspecified atom stereocenters. The van der Waals surface area contributed by atoms with Crippen LogP contribution in [0.15, 0.2) is 81.9 Å². The third kappa shape index (κ3) is 3.25. The van der Waals surface area contributed by atoms with Gasteiger partial charge in [-0.05, 0) is 24.3 Å². The number of carbonyl (C=O) groups excluding carboxylic acids is 2. The van der Waals surface area contributed by atoms with Crippen LogP contribution in [0.5, 0.6) is 0 Å². The predicted molar refractivity (Wildman–Crippen MR) is 102 cm³/mol. The molecule has 3 rings (SSSR count). The van der Waals surface area contributed by atoms with Crippen molar-refractivity contribution in [1.29, 1.82) is 0 Å². The third-order valence-electron chi connectivity index (χ3n) is 3.44. The zero-order valence-corrected chi connectivity index (χ0v) is 14.3. The minimum atomic E-state index is -0.384. The third-order valence-corrected chi connectivity index (χ3v) is 4.30. The predicted octanol–water partition coefficient (Wildman–Crippen LogP) is 3.65. The zero-order valence-electron chi connectivity index (χ0n) is 12.5. The molecular formula is C18H14N2O2S2. The second kappa shape index (κ2) is 6.98. The van der Waals surface area contributed by atoms with Crippen molar-refractivity contribution in [3.8, 4) is 0 Å². The smallest absolute Gasteiger partial charge is 0.218 e. The van der Waals surface area contributed by atoms with Gasteiger partial charge >= 0.3 is 0 Å². The van der Waals surface area contributed by atoms with Crippen molar-refractivity contribution in [1.82, 2.24) is 0 Å². The van der Waals surface area contributed by atoms with E-state index in [1.165, 1.54) is 0 Å². The molecule has 0 amide bonds. The summed E-state index contributed by atoms with van der Waals surface area (Å²) in [4.78, 5) is 25.3. The largest absolute Gasteiger partial charge is 0.351 e. The lowest BCUT2D eigenvalue weighted by Gasteiger charge is -2.21. The Morgan fingerprint density at radius 3 is 1.25 bits per heavy atom. The first-order chi connectivity index (χ1) is 11.6. The molecule has 0 saturated carbocycles. The van der Waals surface area contributed by atoms with Gasteiger partial charge in [-0.25, -0.2) is 0 Å². The zero-order chi connectivity index (χ0) is 17.1. The molecule has 6 heteroatoms. The Morgan fingerprint density at radius 1 is 0.583 bits per heavy atom. The SMILES string of the molecule is O=C1C(S)=C(Nc2ccccc2)C(=O)C(S)=C1Nc1ccccc1. The van der Waals surface area contributed by atoms with Crippen LogP contribution < -0.4 is 10.6 Å². The first-order valence-electron chi connectivity index (χ1n) is 7.18. The summed E-state index contributed by atoms with van der Waals surface area (Å²) in [6.45, 7) is 0. The van der Waals surface area contributed by atoms with E-state index in [2.05, 4.69) is 35.9 Å². The van der Waals surface area contributed by atoms with Gasteiger partial charge in [-0.15, -0.1) is 25.3 Å². The monoisotopic (exact) mass is 354 g/mol. The van der Waals surface area contributed by atoms with E-state index < -0.39 is 0 Å². The van der Waals surface area contributed by atoms with E-state index in [4.69, 9.17) is 0 Å². The number of Topliss-reactive ketones (excluding diaryl/α,β-unsaturated/α-hetero) is 2. The maximum absolute atomic E-state index is 12.6. The van der Waals surface area contributed by atoms with Crippen molar-refractivity contribution in [3.05, 3.63) is 81.9 Å². The van der Waals surface area contributed by atoms with Crippen molar-refractivity contribution in [3.63, 3.8) is 0 Å². The minimum Gasteiger partial charge on any atom is -0.351 e. The summed E-state index contributed by atoms with van der Waals surface area (Å²) in [6.07, 6.45) is 0. The number of rotatable bonds is 4. The van der Waals surface area contributed by atoms with Gasteiger partial charge in [0.25, 0.3) is 0 Å². The highest BCUT2D eigenvalue weighted by molar-refractivity contribution is 7.86. The Morgan fingerprint density at radius 2 is 0.917 bits per heavy atom. The second-order valence-corrected chi connectivity index (χ2v) is 5.98. The molecule has 0 atom stereocenters. The van der Waals surface area contributed by atoms with Crippen molar-refractivity contribution >= 4 is 48.2 Å². The van der Waals surface area contributed by atoms with Crippen molar-refractivity contribution in [2.75, 3.05) is 10.6 Å². The molecule has 0 saturated heterocycles. The van der Waals surface area contributed by atoms with E-state index >= 15 is 0 Å². The van der Waals surface area contributed by atoms with Crippen molar-refractivity contribution in [2.24, 2.45) is 0 Å². The van der Waals surface area contributed by atoms with Gasteiger partial charge in [0.2, 0.25) is 11.6 Å². The van der Waals surface area contributed by atoms with Gasteiger partial charge in [0.15, 0.2) is 0 Å². The molecule has 4 nitrogen and oxygen atoms in total. The van der Waals surface area contributed by atoms with Crippen LogP contribution in [0.1, 0.15) is 0 Å². The molecular weight excluding hydrogens is 340 g/mol. The number of allylic oxidation sites excluding steroid dienone is 2. The molecule has 2 N–H and O–H groups in total. The van der Waals surface area contributed by atoms with E-state index in [1.54, 1.807) is 24.3 Å². The normalized spacial score (nSPS) is 14.9. The van der Waals surface area contributed by atoms with E-state index in [-0.39, 0.29) is 32.8 Å². The Balaban J connectivity index is 1.91. The number of carbonyl (C=O) groups is 2. The Labute approximate surface area is 150 Å². The number of ketones is 2. The standard InChI is InChI=1S/C18H14N2O2S2/c21-15-13(19-11-7-3-1-4-8-11)17(23)16(22)14(18(15)24)20-12-9-5-2-6-10-12/h1-10,19-20,23-24H. The molecule has 1 aliphatic carbocycles. The summed E-state index contributed by atoms with van der Waals surface area (Å²) in [7, 11) is 0. The first kappa shape index (κ1) is 16.4. The van der Waals surface area contributed by atoms with Crippen molar-refractivity contribution in [2.45, 2.75) is 0 Å². The summed E-state index contributed by atoms with van der Waals surface area (Å²) in [6, 6.07) is 18.2. The number of benzene rings is 2. The van der Waals surface area contributed by atoms with Crippen LogP contribution >= 0.6 is 25.3 Å². The van der Waals surface area contributed by atoms with Gasteiger partial charge in [0, 0.05) is 11.4 Å². The van der Waals surface area contributed by atoms with Gasteiger partial charge in [-0.1, -0.05) is 36.4 Å². The number of anilines is 2. The van der Waals surface area contributed by atoms with Gasteiger partial charge in [0.1, 0.15) is 11.4 Å². The average molecular weight is 354 g/mol. The van der Waals surface area contributed by atoms with Crippen LogP contribution in [0.4, 0.5) is 11.4 Å². The lowest BCUT2D eigenvalue weighted by Crippen LogP contribution is -2.27. The van der Waals surface area contributed by atoms with E-state index in [0.717, 1.165) is 0 Å². The van der Waals surface area contributed by atoms with Gasteiger partial charge in [0.05, 0.1) is 9.81 Å². The first-order valence-corrected chi connectivity index (χ1v) is 8.07. The summed E-state index contributed by atoms with van der Waals surface area (Å²) >= 11 is 8.49. The molecule has 0 heterocycles. The lowest BCUT2D eigenvalue weighted by molar-refractivity contribution is -0.115. The van der Waals surface area contributed by atoms with Crippen molar-refractivity contribution < 1.29 is 9.59 Å². The minimum absolute atomic E-state index is 0.0556. The summed E-state index contributed by atoms with van der Waals surface area (Å²) < 4.78 is 0. The van der Waals surface area contributed by atoms with Gasteiger partial charge < -0.3 is 10.6 Å². The number of para-hydroxylation sites is 2. The quantitative estimate of drug-likeness (QED) is 0.500. The topological polar surface area (TPSA) is 58.2 Å². The van der Waals surface area contributed by atoms with Gasteiger partial charge in [-0.3, -0.25) is 9.59 Å². The maximum atomic E-state index is 12.6. The molecule has 0 spiro atoms. The van der Waals surface area contributed by atoms with Gasteiger partial charge in [-0.2, -0.15) is 0 Å². The molecule has 0 aliphatic heterocycles. The van der Waals surface area contributed by atoms with Crippen LogP contribution in [0.3, 0.4) is 0 Å². The molecule has 24 heavy (non-hydrogen) atoms. The molecule has 0 bridgehead atoms. The molecule has 2 aromatic carbocycles. The summed E-state index contributed by atoms with van der Waals surface area (Å²) in [5, 5.41) is 5.90. The Bertz CT molecular complexity index is 786. The Hall–Kier alpha value is -2.44. The van der Waals surface area contributed by atoms with Crippen LogP contribution in [0.25, 0.3) is 0 Å². The number of hydrogen-bond donors (Lipinski definition) is 4. The van der Waals surface area contributed by atoms with Crippen LogP contribution in [0.2, 0.25) is 0 Å². The fourth-order valence-electron chi connectivity index (χ4n) is 2.24. The summed E-state index contributed by atoms with van der Waals surface area (Å²) in [5.41, 5.74) is 1.64. The molecule has 0 aromatic heterocycles. The lowest BCUT2D eigenvalue weighted by atomic mass is 10.0. The fraction of sp³-hybridized carbons (Fsp3) is 0. The van der Waals surface area contributed by atoms with E-state index in [1.807, 2.05) is 36.4 Å². The Kier molecular flexibility index (Phi) is 4.78. The average Bonchev–Trinajstić information content (AvgIpc) is 2.62. The number of thiol groups is 2. The maximum Gasteiger partial charge on any atom is 0.218 e. The molecule has 0 radical (unpaired) electrons. The van der Waals surface area contributed by atoms with E-state index in [9.17, 15) is 9.59 Å². The molecule has 2 aromatic rings. The number of hydrogen-bond acceptors (Lipinski definition) is 6. The second-order valence-electron chi connectivity index (χ2n) is 5.09. The highest BCUT2D eigenvalue weighted by atomic mass is 32.1. The molecule has 120 valence electrons. The van der Waals surface area contributed by atoms with E-state index in [0.29, 0.717) is 11.4 Å². The molecule has 1 aliphatic rings.